The number of nitrogens with one attached hydrogen (secondary N) is 1. The molecule has 0 aromatic carbocycles. The molecule has 0 amide bonds. The zero-order valence-electron chi connectivity index (χ0n) is 11.2. The number of thiazole rings is 1. The van der Waals surface area contributed by atoms with E-state index in [1.807, 2.05) is 11.6 Å². The molecule has 106 valence electrons. The molecule has 0 saturated carbocycles. The smallest absolute Gasteiger partial charge is 0.185 e. The molecule has 2 aliphatic rings. The Morgan fingerprint density at radius 3 is 2.84 bits per heavy atom. The van der Waals surface area contributed by atoms with Crippen molar-refractivity contribution in [2.75, 3.05) is 50.7 Å². The van der Waals surface area contributed by atoms with Crippen molar-refractivity contribution in [3.8, 4) is 0 Å². The SMILES string of the molecule is O[C@@]1(CN2CCN(c3nccs3)CC2)CCCNC1. The van der Waals surface area contributed by atoms with Gasteiger partial charge in [0.25, 0.3) is 0 Å². The minimum absolute atomic E-state index is 0.526. The van der Waals surface area contributed by atoms with Crippen LogP contribution in [0.5, 0.6) is 0 Å². The highest BCUT2D eigenvalue weighted by atomic mass is 32.1. The molecule has 1 aromatic rings. The second-order valence-corrected chi connectivity index (χ2v) is 6.46. The molecule has 2 aliphatic heterocycles. The van der Waals surface area contributed by atoms with Crippen molar-refractivity contribution in [1.29, 1.82) is 0 Å². The number of hydrogen-bond acceptors (Lipinski definition) is 6. The molecule has 19 heavy (non-hydrogen) atoms. The standard InChI is InChI=1S/C13H22N4OS/c18-13(2-1-3-14-10-13)11-16-5-7-17(8-6-16)12-15-4-9-19-12/h4,9,14,18H,1-3,5-8,10-11H2/t13-/m0/s1. The fourth-order valence-corrected chi connectivity index (χ4v) is 3.67. The van der Waals surface area contributed by atoms with Crippen molar-refractivity contribution in [2.45, 2.75) is 18.4 Å². The number of piperazine rings is 1. The number of rotatable bonds is 3. The maximum atomic E-state index is 10.5. The maximum absolute atomic E-state index is 10.5. The van der Waals surface area contributed by atoms with Gasteiger partial charge < -0.3 is 15.3 Å². The van der Waals surface area contributed by atoms with Crippen molar-refractivity contribution in [1.82, 2.24) is 15.2 Å². The molecular formula is C13H22N4OS. The molecule has 0 radical (unpaired) electrons. The summed E-state index contributed by atoms with van der Waals surface area (Å²) in [5.74, 6) is 0. The van der Waals surface area contributed by atoms with E-state index in [9.17, 15) is 5.11 Å². The van der Waals surface area contributed by atoms with Crippen LogP contribution in [0.15, 0.2) is 11.6 Å². The zero-order valence-corrected chi connectivity index (χ0v) is 12.0. The van der Waals surface area contributed by atoms with E-state index in [4.69, 9.17) is 0 Å². The quantitative estimate of drug-likeness (QED) is 0.839. The molecule has 3 heterocycles. The Balaban J connectivity index is 1.50. The minimum atomic E-state index is -0.526. The van der Waals surface area contributed by atoms with Crippen molar-refractivity contribution >= 4 is 16.5 Å². The van der Waals surface area contributed by atoms with E-state index in [0.717, 1.165) is 63.8 Å². The predicted octanol–water partition coefficient (Wildman–Crippen LogP) is 0.380. The van der Waals surface area contributed by atoms with Gasteiger partial charge in [-0.05, 0) is 19.4 Å². The molecule has 2 fully saturated rings. The summed E-state index contributed by atoms with van der Waals surface area (Å²) in [5.41, 5.74) is -0.526. The lowest BCUT2D eigenvalue weighted by molar-refractivity contribution is -0.0164. The number of anilines is 1. The third-order valence-electron chi connectivity index (χ3n) is 4.03. The molecule has 0 aliphatic carbocycles. The Bertz CT molecular complexity index is 383. The van der Waals surface area contributed by atoms with Gasteiger partial charge in [-0.2, -0.15) is 0 Å². The van der Waals surface area contributed by atoms with Gasteiger partial charge in [0.05, 0.1) is 5.60 Å². The van der Waals surface area contributed by atoms with Crippen LogP contribution in [0, 0.1) is 0 Å². The van der Waals surface area contributed by atoms with Crippen molar-refractivity contribution in [3.05, 3.63) is 11.6 Å². The molecule has 5 nitrogen and oxygen atoms in total. The predicted molar refractivity (Wildman–Crippen MR) is 77.8 cm³/mol. The molecule has 0 spiro atoms. The van der Waals surface area contributed by atoms with E-state index in [1.165, 1.54) is 0 Å². The fraction of sp³-hybridized carbons (Fsp3) is 0.769. The summed E-state index contributed by atoms with van der Waals surface area (Å²) in [6.07, 6.45) is 3.87. The molecule has 1 aromatic heterocycles. The number of piperidine rings is 1. The van der Waals surface area contributed by atoms with E-state index >= 15 is 0 Å². The first-order valence-electron chi connectivity index (χ1n) is 7.05. The van der Waals surface area contributed by atoms with Crippen LogP contribution >= 0.6 is 11.3 Å². The van der Waals surface area contributed by atoms with Crippen LogP contribution in [0.1, 0.15) is 12.8 Å². The maximum Gasteiger partial charge on any atom is 0.185 e. The summed E-state index contributed by atoms with van der Waals surface area (Å²) in [6, 6.07) is 0. The summed E-state index contributed by atoms with van der Waals surface area (Å²) in [6.45, 7) is 6.63. The van der Waals surface area contributed by atoms with E-state index < -0.39 is 5.60 Å². The molecule has 3 rings (SSSR count). The Morgan fingerprint density at radius 2 is 2.21 bits per heavy atom. The second-order valence-electron chi connectivity index (χ2n) is 5.58. The molecule has 0 bridgehead atoms. The number of β-amino-alcohol motifs (C(OH)–C–C–N with tert-alkyl or cyclic N) is 1. The summed E-state index contributed by atoms with van der Waals surface area (Å²) >= 11 is 1.70. The molecular weight excluding hydrogens is 260 g/mol. The van der Waals surface area contributed by atoms with Gasteiger partial charge in [-0.15, -0.1) is 11.3 Å². The van der Waals surface area contributed by atoms with Gasteiger partial charge in [-0.1, -0.05) is 0 Å². The van der Waals surface area contributed by atoms with Gasteiger partial charge >= 0.3 is 0 Å². The van der Waals surface area contributed by atoms with Gasteiger partial charge in [0.2, 0.25) is 0 Å². The van der Waals surface area contributed by atoms with Crippen LogP contribution in [-0.2, 0) is 0 Å². The summed E-state index contributed by atoms with van der Waals surface area (Å²) in [4.78, 5) is 9.08. The summed E-state index contributed by atoms with van der Waals surface area (Å²) < 4.78 is 0. The van der Waals surface area contributed by atoms with Gasteiger partial charge in [0.15, 0.2) is 5.13 Å². The number of nitrogens with zero attached hydrogens (tertiary/aromatic N) is 3. The highest BCUT2D eigenvalue weighted by Gasteiger charge is 2.32. The fourth-order valence-electron chi connectivity index (χ4n) is 2.97. The van der Waals surface area contributed by atoms with Gasteiger partial charge in [-0.3, -0.25) is 4.90 Å². The molecule has 1 atom stereocenters. The topological polar surface area (TPSA) is 51.6 Å². The zero-order chi connectivity index (χ0) is 13.1. The largest absolute Gasteiger partial charge is 0.387 e. The number of aromatic nitrogens is 1. The van der Waals surface area contributed by atoms with Crippen LogP contribution in [0.4, 0.5) is 5.13 Å². The van der Waals surface area contributed by atoms with Crippen molar-refractivity contribution in [3.63, 3.8) is 0 Å². The molecule has 0 unspecified atom stereocenters. The van der Waals surface area contributed by atoms with Crippen molar-refractivity contribution < 1.29 is 5.11 Å². The van der Waals surface area contributed by atoms with E-state index in [1.54, 1.807) is 11.3 Å². The minimum Gasteiger partial charge on any atom is -0.387 e. The van der Waals surface area contributed by atoms with Crippen LogP contribution in [-0.4, -0.2) is 66.4 Å². The number of aliphatic hydroxyl groups is 1. The first kappa shape index (κ1) is 13.3. The molecule has 2 N–H and O–H groups in total. The third kappa shape index (κ3) is 3.25. The second kappa shape index (κ2) is 5.75. The number of hydrogen-bond donors (Lipinski definition) is 2. The third-order valence-corrected chi connectivity index (χ3v) is 4.86. The Labute approximate surface area is 118 Å². The Morgan fingerprint density at radius 1 is 1.37 bits per heavy atom. The first-order chi connectivity index (χ1) is 9.25. The molecule has 6 heteroatoms. The van der Waals surface area contributed by atoms with E-state index in [-0.39, 0.29) is 0 Å². The summed E-state index contributed by atoms with van der Waals surface area (Å²) in [7, 11) is 0. The monoisotopic (exact) mass is 282 g/mol. The van der Waals surface area contributed by atoms with Gasteiger partial charge in [0.1, 0.15) is 0 Å². The van der Waals surface area contributed by atoms with Crippen LogP contribution in [0.25, 0.3) is 0 Å². The van der Waals surface area contributed by atoms with E-state index in [0.29, 0.717) is 0 Å². The van der Waals surface area contributed by atoms with Crippen molar-refractivity contribution in [2.24, 2.45) is 0 Å². The molecule has 2 saturated heterocycles. The highest BCUT2D eigenvalue weighted by Crippen LogP contribution is 2.21. The lowest BCUT2D eigenvalue weighted by Crippen LogP contribution is -2.56. The Hall–Kier alpha value is -0.690. The van der Waals surface area contributed by atoms with E-state index in [2.05, 4.69) is 20.1 Å². The average molecular weight is 282 g/mol. The average Bonchev–Trinajstić information content (AvgIpc) is 2.94. The first-order valence-corrected chi connectivity index (χ1v) is 7.93. The lowest BCUT2D eigenvalue weighted by Gasteiger charge is -2.41. The summed E-state index contributed by atoms with van der Waals surface area (Å²) in [5, 5.41) is 17.0. The highest BCUT2D eigenvalue weighted by molar-refractivity contribution is 7.13. The van der Waals surface area contributed by atoms with Gasteiger partial charge in [-0.25, -0.2) is 4.98 Å². The van der Waals surface area contributed by atoms with Crippen LogP contribution in [0.3, 0.4) is 0 Å². The van der Waals surface area contributed by atoms with Crippen LogP contribution < -0.4 is 10.2 Å². The van der Waals surface area contributed by atoms with Crippen LogP contribution in [0.2, 0.25) is 0 Å². The normalized spacial score (nSPS) is 29.6. The van der Waals surface area contributed by atoms with Gasteiger partial charge in [0, 0.05) is 50.8 Å². The Kier molecular flexibility index (Phi) is 4.02. The lowest BCUT2D eigenvalue weighted by atomic mass is 9.93.